The molecule has 2 heterocycles. The number of hydrogen-bond acceptors (Lipinski definition) is 7. The van der Waals surface area contributed by atoms with Crippen molar-refractivity contribution in [3.05, 3.63) is 143 Å². The van der Waals surface area contributed by atoms with E-state index in [0.29, 0.717) is 63.9 Å². The predicted molar refractivity (Wildman–Crippen MR) is 211 cm³/mol. The molecule has 5 aromatic carbocycles. The Balaban J connectivity index is 1.57. The van der Waals surface area contributed by atoms with Gasteiger partial charge in [-0.15, -0.1) is 0 Å². The SMILES string of the molecule is CCCCCN(CCCCC)c1ccc2c(c1N(C(=O)NS(=O)(=O)c1ccccc1)c1ccccc1C)C1(OC(=O)c3ccccc31)c1ccccc1O2. The molecule has 1 spiro atoms. The van der Waals surface area contributed by atoms with Gasteiger partial charge >= 0.3 is 12.0 Å². The number of anilines is 3. The molecule has 2 amide bonds. The summed E-state index contributed by atoms with van der Waals surface area (Å²) >= 11 is 0. The van der Waals surface area contributed by atoms with E-state index >= 15 is 4.79 Å². The molecule has 10 heteroatoms. The van der Waals surface area contributed by atoms with Crippen LogP contribution in [0.2, 0.25) is 0 Å². The third kappa shape index (κ3) is 6.59. The maximum atomic E-state index is 15.1. The molecule has 1 unspecified atom stereocenters. The van der Waals surface area contributed by atoms with Gasteiger partial charge in [-0.05, 0) is 67.8 Å². The molecule has 2 aliphatic heterocycles. The minimum Gasteiger partial charge on any atom is -0.456 e. The van der Waals surface area contributed by atoms with Gasteiger partial charge < -0.3 is 14.4 Å². The molecule has 0 radical (unpaired) electrons. The Morgan fingerprint density at radius 1 is 0.704 bits per heavy atom. The molecule has 5 aromatic rings. The van der Waals surface area contributed by atoms with Crippen molar-refractivity contribution in [2.24, 2.45) is 0 Å². The minimum atomic E-state index is -4.33. The summed E-state index contributed by atoms with van der Waals surface area (Å²) in [7, 11) is -4.33. The molecule has 0 saturated carbocycles. The quantitative estimate of drug-likeness (QED) is 0.0946. The average molecular weight is 744 g/mol. The average Bonchev–Trinajstić information content (AvgIpc) is 3.47. The number of amides is 2. The number of hydrogen-bond donors (Lipinski definition) is 1. The predicted octanol–water partition coefficient (Wildman–Crippen LogP) is 9.99. The summed E-state index contributed by atoms with van der Waals surface area (Å²) < 4.78 is 43.5. The molecule has 0 fully saturated rings. The Morgan fingerprint density at radius 3 is 2.04 bits per heavy atom. The topological polar surface area (TPSA) is 105 Å². The van der Waals surface area contributed by atoms with Gasteiger partial charge in [0.05, 0.1) is 33.1 Å². The fraction of sp³-hybridized carbons (Fsp3) is 0.273. The molecule has 1 atom stereocenters. The molecule has 9 nitrogen and oxygen atoms in total. The van der Waals surface area contributed by atoms with Gasteiger partial charge in [-0.3, -0.25) is 4.90 Å². The van der Waals surface area contributed by atoms with Crippen molar-refractivity contribution < 1.29 is 27.5 Å². The number of nitrogens with zero attached hydrogens (tertiary/aromatic N) is 2. The van der Waals surface area contributed by atoms with Crippen molar-refractivity contribution in [2.45, 2.75) is 69.8 Å². The van der Waals surface area contributed by atoms with Crippen LogP contribution < -0.4 is 19.3 Å². The van der Waals surface area contributed by atoms with Gasteiger partial charge in [0.2, 0.25) is 0 Å². The highest BCUT2D eigenvalue weighted by Gasteiger charge is 2.56. The number of esters is 1. The zero-order valence-corrected chi connectivity index (χ0v) is 31.7. The second-order valence-electron chi connectivity index (χ2n) is 13.8. The van der Waals surface area contributed by atoms with E-state index in [1.807, 2.05) is 73.7 Å². The number of fused-ring (bicyclic) bond motifs is 6. The summed E-state index contributed by atoms with van der Waals surface area (Å²) in [6.07, 6.45) is 5.87. The number of carbonyl (C=O) groups excluding carboxylic acids is 2. The van der Waals surface area contributed by atoms with Crippen LogP contribution in [0.4, 0.5) is 21.9 Å². The van der Waals surface area contributed by atoms with Crippen LogP contribution in [0.3, 0.4) is 0 Å². The third-order valence-corrected chi connectivity index (χ3v) is 11.5. The molecule has 0 aromatic heterocycles. The summed E-state index contributed by atoms with van der Waals surface area (Å²) in [5.74, 6) is 0.386. The van der Waals surface area contributed by atoms with Gasteiger partial charge in [-0.1, -0.05) is 112 Å². The maximum Gasteiger partial charge on any atom is 0.340 e. The number of benzene rings is 5. The largest absolute Gasteiger partial charge is 0.456 e. The van der Waals surface area contributed by atoms with Crippen molar-refractivity contribution >= 4 is 39.1 Å². The highest BCUT2D eigenvalue weighted by Crippen LogP contribution is 2.61. The second kappa shape index (κ2) is 15.4. The van der Waals surface area contributed by atoms with Gasteiger partial charge in [-0.2, -0.15) is 0 Å². The van der Waals surface area contributed by atoms with Crippen LogP contribution in [0, 0.1) is 6.92 Å². The highest BCUT2D eigenvalue weighted by molar-refractivity contribution is 7.90. The number of nitrogens with one attached hydrogen (secondary N) is 1. The summed E-state index contributed by atoms with van der Waals surface area (Å²) in [6.45, 7) is 7.58. The van der Waals surface area contributed by atoms with E-state index < -0.39 is 27.6 Å². The van der Waals surface area contributed by atoms with E-state index in [1.165, 1.54) is 17.0 Å². The lowest BCUT2D eigenvalue weighted by molar-refractivity contribution is 0.0226. The minimum absolute atomic E-state index is 0.0495. The van der Waals surface area contributed by atoms with Crippen molar-refractivity contribution in [1.82, 2.24) is 4.72 Å². The molecular formula is C44H45N3O6S. The maximum absolute atomic E-state index is 15.1. The number of unbranched alkanes of at least 4 members (excludes halogenated alkanes) is 4. The Bertz CT molecular complexity index is 2280. The molecule has 0 aliphatic carbocycles. The summed E-state index contributed by atoms with van der Waals surface area (Å²) in [6, 6.07) is 32.8. The number of aryl methyl sites for hydroxylation is 1. The number of carbonyl (C=O) groups is 2. The first kappa shape index (κ1) is 36.7. The number of sulfonamides is 1. The molecule has 54 heavy (non-hydrogen) atoms. The van der Waals surface area contributed by atoms with Crippen molar-refractivity contribution in [2.75, 3.05) is 22.9 Å². The normalized spacial score (nSPS) is 15.4. The zero-order chi connectivity index (χ0) is 37.9. The lowest BCUT2D eigenvalue weighted by atomic mass is 9.76. The van der Waals surface area contributed by atoms with Crippen LogP contribution in [0.5, 0.6) is 11.5 Å². The van der Waals surface area contributed by atoms with Crippen LogP contribution in [0.25, 0.3) is 0 Å². The van der Waals surface area contributed by atoms with Crippen molar-refractivity contribution in [3.8, 4) is 11.5 Å². The molecule has 0 bridgehead atoms. The molecule has 278 valence electrons. The fourth-order valence-corrected chi connectivity index (χ4v) is 8.55. The molecule has 2 aliphatic rings. The van der Waals surface area contributed by atoms with Gasteiger partial charge in [-0.25, -0.2) is 22.7 Å². The first-order chi connectivity index (χ1) is 26.2. The van der Waals surface area contributed by atoms with Crippen LogP contribution >= 0.6 is 0 Å². The monoisotopic (exact) mass is 743 g/mol. The highest BCUT2D eigenvalue weighted by atomic mass is 32.2. The van der Waals surface area contributed by atoms with Crippen molar-refractivity contribution in [1.29, 1.82) is 0 Å². The molecule has 1 N–H and O–H groups in total. The Morgan fingerprint density at radius 2 is 1.33 bits per heavy atom. The standard InChI is InChI=1S/C44H45N3O6S/c1-4-6-17-29-46(30-18-7-5-2)37-27-28-39-40(44(35-24-14-16-26-38(35)52-39)34-23-13-12-22-33(34)42(48)53-44)41(37)47(36-25-15-11-19-31(36)3)43(49)45-54(50,51)32-20-9-8-10-21-32/h8-16,19-28H,4-7,17-18,29-30H2,1-3H3,(H,45,49). The number of para-hydroxylation sites is 2. The number of urea groups is 1. The van der Waals surface area contributed by atoms with Gasteiger partial charge in [0, 0.05) is 24.2 Å². The Hall–Kier alpha value is -5.61. The van der Waals surface area contributed by atoms with Crippen LogP contribution in [-0.2, 0) is 20.4 Å². The molecule has 0 saturated heterocycles. The number of ether oxygens (including phenoxy) is 2. The summed E-state index contributed by atoms with van der Waals surface area (Å²) in [5.41, 5.74) is 2.75. The van der Waals surface area contributed by atoms with Crippen LogP contribution in [-0.4, -0.2) is 33.5 Å². The van der Waals surface area contributed by atoms with Crippen LogP contribution in [0.15, 0.2) is 120 Å². The van der Waals surface area contributed by atoms with Gasteiger partial charge in [0.15, 0.2) is 5.60 Å². The smallest absolute Gasteiger partial charge is 0.340 e. The van der Waals surface area contributed by atoms with E-state index in [2.05, 4.69) is 23.5 Å². The van der Waals surface area contributed by atoms with E-state index in [1.54, 1.807) is 36.4 Å². The van der Waals surface area contributed by atoms with E-state index in [-0.39, 0.29) is 4.90 Å². The number of rotatable bonds is 13. The lowest BCUT2D eigenvalue weighted by Crippen LogP contribution is -2.44. The first-order valence-electron chi connectivity index (χ1n) is 18.7. The zero-order valence-electron chi connectivity index (χ0n) is 30.9. The van der Waals surface area contributed by atoms with Gasteiger partial charge in [0.25, 0.3) is 10.0 Å². The van der Waals surface area contributed by atoms with E-state index in [9.17, 15) is 13.2 Å². The van der Waals surface area contributed by atoms with E-state index in [0.717, 1.165) is 44.1 Å². The molecule has 7 rings (SSSR count). The van der Waals surface area contributed by atoms with Crippen LogP contribution in [0.1, 0.15) is 85.0 Å². The fourth-order valence-electron chi connectivity index (χ4n) is 7.59. The summed E-state index contributed by atoms with van der Waals surface area (Å²) in [4.78, 5) is 32.7. The first-order valence-corrected chi connectivity index (χ1v) is 20.2. The second-order valence-corrected chi connectivity index (χ2v) is 15.5. The molecular weight excluding hydrogens is 699 g/mol. The lowest BCUT2D eigenvalue weighted by Gasteiger charge is -2.42. The van der Waals surface area contributed by atoms with Crippen molar-refractivity contribution in [3.63, 3.8) is 0 Å². The Labute approximate surface area is 317 Å². The summed E-state index contributed by atoms with van der Waals surface area (Å²) in [5, 5.41) is 0. The third-order valence-electron chi connectivity index (χ3n) is 10.2. The Kier molecular flexibility index (Phi) is 10.5. The van der Waals surface area contributed by atoms with E-state index in [4.69, 9.17) is 9.47 Å². The van der Waals surface area contributed by atoms with Gasteiger partial charge in [0.1, 0.15) is 11.5 Å².